The second kappa shape index (κ2) is 8.86. The second-order valence-corrected chi connectivity index (χ2v) is 7.89. The number of aromatic amines is 1. The average molecular weight is 427 g/mol. The first kappa shape index (κ1) is 20.3. The molecule has 0 radical (unpaired) electrons. The SMILES string of the molecule is Cc1c(Nc2c(C#N)cncc2/C=C/c2ccc(-c3ccccc3)cc2)ccc2[nH]ccc12. The van der Waals surface area contributed by atoms with Crippen molar-refractivity contribution in [2.75, 3.05) is 5.32 Å². The average Bonchev–Trinajstić information content (AvgIpc) is 3.35. The summed E-state index contributed by atoms with van der Waals surface area (Å²) in [5, 5.41) is 14.3. The monoisotopic (exact) mass is 426 g/mol. The molecule has 0 saturated heterocycles. The summed E-state index contributed by atoms with van der Waals surface area (Å²) in [6.45, 7) is 2.08. The third kappa shape index (κ3) is 4.13. The maximum absolute atomic E-state index is 9.69. The molecule has 0 unspecified atom stereocenters. The highest BCUT2D eigenvalue weighted by Crippen LogP contribution is 2.31. The summed E-state index contributed by atoms with van der Waals surface area (Å²) in [5.74, 6) is 0. The minimum absolute atomic E-state index is 0.505. The van der Waals surface area contributed by atoms with Gasteiger partial charge in [0.2, 0.25) is 0 Å². The molecule has 5 aromatic rings. The normalized spacial score (nSPS) is 11.0. The molecule has 0 aliphatic rings. The maximum Gasteiger partial charge on any atom is 0.103 e. The number of benzene rings is 3. The third-order valence-electron chi connectivity index (χ3n) is 5.83. The standard InChI is InChI=1S/C29H22N4/c1-20-26-15-16-32-28(26)14-13-27(20)33-29-24(18-31-19-25(29)17-30)12-9-21-7-10-23(11-8-21)22-5-3-2-4-6-22/h2-16,18-19,32H,1H3,(H,31,33)/b12-9+. The van der Waals surface area contributed by atoms with Crippen LogP contribution in [-0.4, -0.2) is 9.97 Å². The Balaban J connectivity index is 1.46. The Hall–Kier alpha value is -4.62. The van der Waals surface area contributed by atoms with Crippen molar-refractivity contribution in [1.82, 2.24) is 9.97 Å². The van der Waals surface area contributed by atoms with Gasteiger partial charge in [-0.15, -0.1) is 0 Å². The lowest BCUT2D eigenvalue weighted by atomic mass is 10.0. The van der Waals surface area contributed by atoms with Crippen LogP contribution in [-0.2, 0) is 0 Å². The number of rotatable bonds is 5. The van der Waals surface area contributed by atoms with Crippen LogP contribution in [0.1, 0.15) is 22.3 Å². The number of anilines is 2. The zero-order valence-electron chi connectivity index (χ0n) is 18.2. The van der Waals surface area contributed by atoms with E-state index in [0.29, 0.717) is 5.56 Å². The molecule has 0 aliphatic heterocycles. The summed E-state index contributed by atoms with van der Waals surface area (Å²) >= 11 is 0. The molecule has 0 saturated carbocycles. The Morgan fingerprint density at radius 1 is 0.879 bits per heavy atom. The summed E-state index contributed by atoms with van der Waals surface area (Å²) in [4.78, 5) is 7.51. The number of nitriles is 1. The molecule has 4 nitrogen and oxygen atoms in total. The number of H-pyrrole nitrogens is 1. The molecular formula is C29H22N4. The van der Waals surface area contributed by atoms with Gasteiger partial charge in [0.1, 0.15) is 6.07 Å². The van der Waals surface area contributed by atoms with E-state index < -0.39 is 0 Å². The van der Waals surface area contributed by atoms with Crippen LogP contribution in [0.2, 0.25) is 0 Å². The molecule has 4 heteroatoms. The first-order valence-corrected chi connectivity index (χ1v) is 10.8. The van der Waals surface area contributed by atoms with Crippen molar-refractivity contribution in [2.24, 2.45) is 0 Å². The molecule has 2 heterocycles. The Labute approximate surface area is 192 Å². The van der Waals surface area contributed by atoms with Gasteiger partial charge in [-0.2, -0.15) is 5.26 Å². The minimum atomic E-state index is 0.505. The zero-order valence-corrected chi connectivity index (χ0v) is 18.2. The van der Waals surface area contributed by atoms with Gasteiger partial charge in [0, 0.05) is 40.7 Å². The van der Waals surface area contributed by atoms with Gasteiger partial charge in [-0.05, 0) is 47.4 Å². The second-order valence-electron chi connectivity index (χ2n) is 7.89. The number of pyridine rings is 1. The molecule has 3 aromatic carbocycles. The zero-order chi connectivity index (χ0) is 22.6. The smallest absolute Gasteiger partial charge is 0.103 e. The molecule has 0 fully saturated rings. The van der Waals surface area contributed by atoms with Gasteiger partial charge in [-0.3, -0.25) is 4.98 Å². The number of nitrogens with one attached hydrogen (secondary N) is 2. The lowest BCUT2D eigenvalue weighted by molar-refractivity contribution is 1.28. The van der Waals surface area contributed by atoms with Crippen LogP contribution in [0.5, 0.6) is 0 Å². The first-order chi connectivity index (χ1) is 16.2. The van der Waals surface area contributed by atoms with Gasteiger partial charge in [-0.1, -0.05) is 66.7 Å². The van der Waals surface area contributed by atoms with Gasteiger partial charge >= 0.3 is 0 Å². The van der Waals surface area contributed by atoms with E-state index in [4.69, 9.17) is 0 Å². The predicted molar refractivity (Wildman–Crippen MR) is 136 cm³/mol. The van der Waals surface area contributed by atoms with E-state index in [2.05, 4.69) is 70.7 Å². The molecule has 2 N–H and O–H groups in total. The Bertz CT molecular complexity index is 1490. The molecule has 158 valence electrons. The van der Waals surface area contributed by atoms with Gasteiger partial charge < -0.3 is 10.3 Å². The van der Waals surface area contributed by atoms with Crippen molar-refractivity contribution >= 4 is 34.4 Å². The van der Waals surface area contributed by atoms with Crippen molar-refractivity contribution in [2.45, 2.75) is 6.92 Å². The fourth-order valence-corrected chi connectivity index (χ4v) is 3.98. The van der Waals surface area contributed by atoms with Crippen molar-refractivity contribution in [3.8, 4) is 17.2 Å². The molecular weight excluding hydrogens is 404 g/mol. The highest BCUT2D eigenvalue weighted by Gasteiger charge is 2.11. The Morgan fingerprint density at radius 2 is 1.67 bits per heavy atom. The van der Waals surface area contributed by atoms with E-state index >= 15 is 0 Å². The highest BCUT2D eigenvalue weighted by atomic mass is 14.9. The lowest BCUT2D eigenvalue weighted by Crippen LogP contribution is -1.99. The van der Waals surface area contributed by atoms with E-state index in [0.717, 1.165) is 39.0 Å². The quantitative estimate of drug-likeness (QED) is 0.309. The van der Waals surface area contributed by atoms with E-state index in [1.165, 1.54) is 11.1 Å². The van der Waals surface area contributed by atoms with Crippen molar-refractivity contribution in [3.05, 3.63) is 114 Å². The molecule has 0 amide bonds. The fraction of sp³-hybridized carbons (Fsp3) is 0.0345. The highest BCUT2D eigenvalue weighted by molar-refractivity contribution is 5.90. The Morgan fingerprint density at radius 3 is 2.45 bits per heavy atom. The van der Waals surface area contributed by atoms with Gasteiger partial charge in [0.15, 0.2) is 0 Å². The van der Waals surface area contributed by atoms with E-state index in [9.17, 15) is 5.26 Å². The van der Waals surface area contributed by atoms with Gasteiger partial charge in [0.25, 0.3) is 0 Å². The predicted octanol–water partition coefficient (Wildman–Crippen LogP) is 7.32. The van der Waals surface area contributed by atoms with Crippen LogP contribution in [0.25, 0.3) is 34.2 Å². The largest absolute Gasteiger partial charge is 0.361 e. The van der Waals surface area contributed by atoms with Crippen LogP contribution in [0.15, 0.2) is 91.4 Å². The Kier molecular flexibility index (Phi) is 5.45. The molecule has 0 atom stereocenters. The summed E-state index contributed by atoms with van der Waals surface area (Å²) in [7, 11) is 0. The molecule has 33 heavy (non-hydrogen) atoms. The molecule has 0 aliphatic carbocycles. The van der Waals surface area contributed by atoms with Gasteiger partial charge in [0.05, 0.1) is 11.3 Å². The first-order valence-electron chi connectivity index (χ1n) is 10.8. The summed E-state index contributed by atoms with van der Waals surface area (Å²) in [6, 6.07) is 27.2. The summed E-state index contributed by atoms with van der Waals surface area (Å²) < 4.78 is 0. The molecule has 0 bridgehead atoms. The van der Waals surface area contributed by atoms with E-state index in [-0.39, 0.29) is 0 Å². The van der Waals surface area contributed by atoms with Crippen LogP contribution in [0.3, 0.4) is 0 Å². The number of fused-ring (bicyclic) bond motifs is 1. The molecule has 5 rings (SSSR count). The van der Waals surface area contributed by atoms with Gasteiger partial charge in [-0.25, -0.2) is 0 Å². The van der Waals surface area contributed by atoms with E-state index in [1.807, 2.05) is 48.7 Å². The van der Waals surface area contributed by atoms with Crippen molar-refractivity contribution in [1.29, 1.82) is 5.26 Å². The third-order valence-corrected chi connectivity index (χ3v) is 5.83. The van der Waals surface area contributed by atoms with Crippen LogP contribution >= 0.6 is 0 Å². The number of nitrogens with zero attached hydrogens (tertiary/aromatic N) is 2. The number of aromatic nitrogens is 2. The van der Waals surface area contributed by atoms with E-state index in [1.54, 1.807) is 12.4 Å². The fourth-order valence-electron chi connectivity index (χ4n) is 3.98. The number of hydrogen-bond acceptors (Lipinski definition) is 3. The summed E-state index contributed by atoms with van der Waals surface area (Å²) in [6.07, 6.45) is 9.35. The molecule has 0 spiro atoms. The topological polar surface area (TPSA) is 64.5 Å². The van der Waals surface area contributed by atoms with Crippen molar-refractivity contribution < 1.29 is 0 Å². The molecule has 2 aromatic heterocycles. The van der Waals surface area contributed by atoms with Crippen molar-refractivity contribution in [3.63, 3.8) is 0 Å². The van der Waals surface area contributed by atoms with Crippen LogP contribution < -0.4 is 5.32 Å². The maximum atomic E-state index is 9.69. The number of aryl methyl sites for hydroxylation is 1. The van der Waals surface area contributed by atoms with Crippen LogP contribution in [0, 0.1) is 18.3 Å². The van der Waals surface area contributed by atoms with Crippen LogP contribution in [0.4, 0.5) is 11.4 Å². The summed E-state index contributed by atoms with van der Waals surface area (Å²) in [5.41, 5.74) is 8.74. The minimum Gasteiger partial charge on any atom is -0.361 e. The number of hydrogen-bond donors (Lipinski definition) is 2. The lowest BCUT2D eigenvalue weighted by Gasteiger charge is -2.14.